The van der Waals surface area contributed by atoms with Gasteiger partial charge in [-0.25, -0.2) is 0 Å². The van der Waals surface area contributed by atoms with Crippen molar-refractivity contribution in [2.45, 2.75) is 0 Å². The molecule has 1 rings (SSSR count). The van der Waals surface area contributed by atoms with E-state index in [0.717, 1.165) is 5.82 Å². The first-order chi connectivity index (χ1) is 4.61. The van der Waals surface area contributed by atoms with Crippen molar-refractivity contribution in [3.05, 3.63) is 12.4 Å². The van der Waals surface area contributed by atoms with Crippen LogP contribution in [-0.4, -0.2) is 39.9 Å². The Balaban J connectivity index is 2.66. The van der Waals surface area contributed by atoms with Gasteiger partial charge in [0.2, 0.25) is 0 Å². The molecule has 58 valence electrons. The van der Waals surface area contributed by atoms with Crippen molar-refractivity contribution in [2.75, 3.05) is 25.8 Å². The smallest absolute Gasteiger partial charge is 0.0975 e. The van der Waals surface area contributed by atoms with Gasteiger partial charge in [-0.3, -0.25) is 4.21 Å². The molecule has 0 amide bonds. The molecule has 0 aromatic rings. The fraction of sp³-hybridized carbons (Fsp3) is 0.667. The molecule has 1 heterocycles. The summed E-state index contributed by atoms with van der Waals surface area (Å²) in [6.45, 7) is 3.83. The Morgan fingerprint density at radius 2 is 1.80 bits per heavy atom. The number of rotatable bonds is 0. The third kappa shape index (κ3) is 1.31. The van der Waals surface area contributed by atoms with Crippen LogP contribution in [0.3, 0.4) is 0 Å². The average molecular weight is 160 g/mol. The maximum atomic E-state index is 11.0. The first-order valence-electron chi connectivity index (χ1n) is 3.07. The molecule has 1 saturated heterocycles. The molecule has 0 unspecified atom stereocenters. The standard InChI is InChI=1S/C6H12N2OS/c1-6-7(2)4-10(9)5-8(6)3/h1,4-5H2,2-3H3. The molecule has 1 aliphatic heterocycles. The Morgan fingerprint density at radius 1 is 1.40 bits per heavy atom. The van der Waals surface area contributed by atoms with E-state index in [2.05, 4.69) is 6.58 Å². The van der Waals surface area contributed by atoms with E-state index in [4.69, 9.17) is 0 Å². The van der Waals surface area contributed by atoms with Crippen molar-refractivity contribution in [2.24, 2.45) is 0 Å². The lowest BCUT2D eigenvalue weighted by molar-refractivity contribution is 0.304. The zero-order valence-electron chi connectivity index (χ0n) is 6.33. The van der Waals surface area contributed by atoms with Crippen LogP contribution in [0.4, 0.5) is 0 Å². The van der Waals surface area contributed by atoms with Gasteiger partial charge in [0.15, 0.2) is 0 Å². The zero-order chi connectivity index (χ0) is 7.72. The minimum absolute atomic E-state index is 0.614. The molecule has 0 aromatic carbocycles. The predicted octanol–water partition coefficient (Wildman–Crippen LogP) is -0.00150. The third-order valence-electron chi connectivity index (χ3n) is 1.56. The highest BCUT2D eigenvalue weighted by molar-refractivity contribution is 7.84. The summed E-state index contributed by atoms with van der Waals surface area (Å²) in [4.78, 5) is 3.80. The lowest BCUT2D eigenvalue weighted by Gasteiger charge is -2.34. The summed E-state index contributed by atoms with van der Waals surface area (Å²) >= 11 is 0. The van der Waals surface area contributed by atoms with Crippen LogP contribution < -0.4 is 0 Å². The second-order valence-corrected chi connectivity index (χ2v) is 3.91. The molecular weight excluding hydrogens is 148 g/mol. The molecule has 0 aliphatic carbocycles. The Morgan fingerprint density at radius 3 is 2.20 bits per heavy atom. The van der Waals surface area contributed by atoms with E-state index >= 15 is 0 Å². The van der Waals surface area contributed by atoms with E-state index in [-0.39, 0.29) is 0 Å². The van der Waals surface area contributed by atoms with Crippen molar-refractivity contribution < 1.29 is 4.21 Å². The normalized spacial score (nSPS) is 22.0. The minimum atomic E-state index is -0.730. The summed E-state index contributed by atoms with van der Waals surface area (Å²) in [7, 11) is 3.07. The van der Waals surface area contributed by atoms with Gasteiger partial charge in [0.1, 0.15) is 0 Å². The fourth-order valence-electron chi connectivity index (χ4n) is 0.913. The van der Waals surface area contributed by atoms with E-state index in [1.165, 1.54) is 0 Å². The SMILES string of the molecule is C=C1N(C)CS(=O)CN1C. The van der Waals surface area contributed by atoms with Crippen LogP contribution in [0.2, 0.25) is 0 Å². The van der Waals surface area contributed by atoms with Gasteiger partial charge in [0.05, 0.1) is 28.4 Å². The summed E-state index contributed by atoms with van der Waals surface area (Å²) in [6, 6.07) is 0. The second kappa shape index (κ2) is 2.62. The van der Waals surface area contributed by atoms with Gasteiger partial charge >= 0.3 is 0 Å². The van der Waals surface area contributed by atoms with Gasteiger partial charge in [-0.15, -0.1) is 0 Å². The Bertz CT molecular complexity index is 165. The van der Waals surface area contributed by atoms with E-state index < -0.39 is 10.8 Å². The molecule has 0 bridgehead atoms. The Hall–Kier alpha value is -0.510. The topological polar surface area (TPSA) is 23.6 Å². The summed E-state index contributed by atoms with van der Waals surface area (Å²) in [5.74, 6) is 2.17. The van der Waals surface area contributed by atoms with Crippen molar-refractivity contribution >= 4 is 10.8 Å². The lowest BCUT2D eigenvalue weighted by atomic mass is 10.6. The summed E-state index contributed by atoms with van der Waals surface area (Å²) in [5.41, 5.74) is 0. The average Bonchev–Trinajstić information content (AvgIpc) is 1.82. The van der Waals surface area contributed by atoms with Crippen LogP contribution in [0.15, 0.2) is 12.4 Å². The molecule has 1 aliphatic rings. The van der Waals surface area contributed by atoms with Crippen LogP contribution in [0.25, 0.3) is 0 Å². The number of nitrogens with zero attached hydrogens (tertiary/aromatic N) is 2. The molecule has 4 heteroatoms. The second-order valence-electron chi connectivity index (χ2n) is 2.51. The molecule has 0 spiro atoms. The van der Waals surface area contributed by atoms with Gasteiger partial charge in [0, 0.05) is 14.1 Å². The highest BCUT2D eigenvalue weighted by atomic mass is 32.2. The maximum Gasteiger partial charge on any atom is 0.0975 e. The highest BCUT2D eigenvalue weighted by Gasteiger charge is 2.18. The molecule has 10 heavy (non-hydrogen) atoms. The molecule has 1 fully saturated rings. The lowest BCUT2D eigenvalue weighted by Crippen LogP contribution is -2.40. The van der Waals surface area contributed by atoms with Crippen molar-refractivity contribution in [1.29, 1.82) is 0 Å². The summed E-state index contributed by atoms with van der Waals surface area (Å²) in [5, 5.41) is 0. The molecule has 0 atom stereocenters. The Kier molecular flexibility index (Phi) is 1.99. The van der Waals surface area contributed by atoms with E-state index in [0.29, 0.717) is 11.8 Å². The van der Waals surface area contributed by atoms with Gasteiger partial charge in [0.25, 0.3) is 0 Å². The Labute approximate surface area is 63.8 Å². The van der Waals surface area contributed by atoms with Crippen LogP contribution in [0.1, 0.15) is 0 Å². The molecule has 0 saturated carbocycles. The summed E-state index contributed by atoms with van der Waals surface area (Å²) in [6.07, 6.45) is 0. The zero-order valence-corrected chi connectivity index (χ0v) is 7.15. The van der Waals surface area contributed by atoms with Crippen LogP contribution in [0.5, 0.6) is 0 Å². The first kappa shape index (κ1) is 7.60. The molecule has 0 N–H and O–H groups in total. The maximum absolute atomic E-state index is 11.0. The van der Waals surface area contributed by atoms with Gasteiger partial charge in [-0.05, 0) is 0 Å². The molecule has 3 nitrogen and oxygen atoms in total. The van der Waals surface area contributed by atoms with Crippen molar-refractivity contribution in [3.8, 4) is 0 Å². The third-order valence-corrected chi connectivity index (χ3v) is 2.91. The number of hydrogen-bond acceptors (Lipinski definition) is 3. The van der Waals surface area contributed by atoms with E-state index in [1.807, 2.05) is 23.9 Å². The largest absolute Gasteiger partial charge is 0.350 e. The van der Waals surface area contributed by atoms with E-state index in [9.17, 15) is 4.21 Å². The van der Waals surface area contributed by atoms with Gasteiger partial charge in [-0.2, -0.15) is 0 Å². The molecular formula is C6H12N2OS. The van der Waals surface area contributed by atoms with Gasteiger partial charge in [-0.1, -0.05) is 6.58 Å². The number of hydrogen-bond donors (Lipinski definition) is 0. The minimum Gasteiger partial charge on any atom is -0.350 e. The highest BCUT2D eigenvalue weighted by Crippen LogP contribution is 2.11. The van der Waals surface area contributed by atoms with Gasteiger partial charge < -0.3 is 9.80 Å². The van der Waals surface area contributed by atoms with Crippen molar-refractivity contribution in [1.82, 2.24) is 9.80 Å². The molecule has 0 radical (unpaired) electrons. The fourth-order valence-corrected chi connectivity index (χ4v) is 2.16. The summed E-state index contributed by atoms with van der Waals surface area (Å²) < 4.78 is 11.0. The first-order valence-corrected chi connectivity index (χ1v) is 4.56. The quantitative estimate of drug-likeness (QED) is 0.498. The molecule has 0 aromatic heterocycles. The van der Waals surface area contributed by atoms with E-state index in [1.54, 1.807) is 0 Å². The van der Waals surface area contributed by atoms with Crippen molar-refractivity contribution in [3.63, 3.8) is 0 Å². The van der Waals surface area contributed by atoms with Crippen LogP contribution in [-0.2, 0) is 10.8 Å². The van der Waals surface area contributed by atoms with Crippen LogP contribution >= 0.6 is 0 Å². The van der Waals surface area contributed by atoms with Crippen LogP contribution in [0, 0.1) is 0 Å². The monoisotopic (exact) mass is 160 g/mol. The predicted molar refractivity (Wildman–Crippen MR) is 42.5 cm³/mol.